The average Bonchev–Trinajstić information content (AvgIpc) is 3.70. The molecule has 0 radical (unpaired) electrons. The molecule has 79 heavy (non-hydrogen) atoms. The van der Waals surface area contributed by atoms with E-state index in [1.807, 2.05) is 48.5 Å². The maximum atomic E-state index is 14.3. The Bertz CT molecular complexity index is 2420. The Balaban J connectivity index is 1.59. The van der Waals surface area contributed by atoms with Gasteiger partial charge in [-0.1, -0.05) is 61.0 Å². The number of primary amides is 1. The Labute approximate surface area is 466 Å². The minimum Gasteiger partial charge on any atom is -0.379 e. The number of ether oxygens (including phenoxy) is 3. The van der Waals surface area contributed by atoms with Gasteiger partial charge in [0, 0.05) is 61.8 Å². The summed E-state index contributed by atoms with van der Waals surface area (Å²) >= 11 is 0. The molecule has 0 spiro atoms. The number of hydrogen-bond donors (Lipinski definition) is 6. The lowest BCUT2D eigenvalue weighted by atomic mass is 9.84. The van der Waals surface area contributed by atoms with Gasteiger partial charge in [0.15, 0.2) is 0 Å². The van der Waals surface area contributed by atoms with Crippen LogP contribution in [0.4, 0.5) is 10.5 Å². The third kappa shape index (κ3) is 22.2. The number of carbonyl (C=O) groups is 9. The smallest absolute Gasteiger partial charge is 0.312 e. The number of piperidine rings is 1. The number of benzene rings is 1. The van der Waals surface area contributed by atoms with Gasteiger partial charge in [0.1, 0.15) is 17.9 Å². The van der Waals surface area contributed by atoms with Gasteiger partial charge in [-0.2, -0.15) is 0 Å². The number of rotatable bonds is 33. The van der Waals surface area contributed by atoms with Crippen LogP contribution in [0.5, 0.6) is 0 Å². The number of anilines is 1. The standard InChI is InChI=1S/C55H87N9O14S/c1-35(2)42(34-40(65)23-27-76-29-31-78-32-30-77-28-26-64-46(66)21-22-47(64)67)50(69)59-43(15-14-24-57-54(56)73)51(70)58-39-17-19-41(20-18-39)79(74,75)61-49(68)38(7)33-45(36(3)4)62(11)53(72)48(55(8,9)10)60-52(71)44-16-12-13-25-63(44)37(5)6/h17-22,33,35-37,42-45,48H,12-16,23-32,34H2,1-11H3,(H,58,70)(H,59,69)(H,60,71)(H,61,68)(H3,56,57,73)/b38-33+/t42-,43-,44+,45+,48+/m0/s1. The highest BCUT2D eigenvalue weighted by Crippen LogP contribution is 2.27. The lowest BCUT2D eigenvalue weighted by Crippen LogP contribution is -2.60. The molecule has 0 saturated carbocycles. The molecule has 3 rings (SSSR count). The van der Waals surface area contributed by atoms with Gasteiger partial charge in [0.25, 0.3) is 27.7 Å². The predicted octanol–water partition coefficient (Wildman–Crippen LogP) is 3.18. The van der Waals surface area contributed by atoms with Crippen molar-refractivity contribution in [2.24, 2.45) is 28.9 Å². The molecular formula is C55H87N9O14S. The number of sulfonamides is 1. The van der Waals surface area contributed by atoms with Gasteiger partial charge in [-0.25, -0.2) is 17.9 Å². The molecule has 7 N–H and O–H groups in total. The van der Waals surface area contributed by atoms with Gasteiger partial charge >= 0.3 is 6.03 Å². The fourth-order valence-electron chi connectivity index (χ4n) is 8.96. The SMILES string of the molecule is C/C(=C\[C@H](C(C)C)N(C)C(=O)[C@@H](NC(=O)[C@H]1CCCCN1C(C)C)C(C)(C)C)C(=O)NS(=O)(=O)c1ccc(NC(=O)[C@H](CCCNC(N)=O)NC(=O)[C@@H](CC(=O)CCOCCOCCOCCN2C(=O)C=CC2=O)C(C)C)cc1. The van der Waals surface area contributed by atoms with Crippen LogP contribution in [0.25, 0.3) is 0 Å². The second-order valence-corrected chi connectivity index (χ2v) is 23.7. The van der Waals surface area contributed by atoms with E-state index in [4.69, 9.17) is 19.9 Å². The molecule has 1 aromatic rings. The van der Waals surface area contributed by atoms with Gasteiger partial charge in [-0.05, 0) is 94.5 Å². The molecule has 1 fully saturated rings. The molecule has 24 heteroatoms. The zero-order valence-electron chi connectivity index (χ0n) is 48.0. The van der Waals surface area contributed by atoms with E-state index in [0.29, 0.717) is 6.42 Å². The maximum Gasteiger partial charge on any atom is 0.312 e. The molecule has 23 nitrogen and oxygen atoms in total. The second-order valence-electron chi connectivity index (χ2n) is 22.0. The first-order valence-electron chi connectivity index (χ1n) is 27.2. The van der Waals surface area contributed by atoms with Gasteiger partial charge in [0.2, 0.25) is 23.6 Å². The summed E-state index contributed by atoms with van der Waals surface area (Å²) in [5, 5.41) is 10.9. The first-order valence-corrected chi connectivity index (χ1v) is 28.6. The quantitative estimate of drug-likeness (QED) is 0.0335. The van der Waals surface area contributed by atoms with Gasteiger partial charge < -0.3 is 46.1 Å². The Kier molecular flexibility index (Phi) is 27.4. The Hall–Kier alpha value is -6.08. The summed E-state index contributed by atoms with van der Waals surface area (Å²) < 4.78 is 45.6. The summed E-state index contributed by atoms with van der Waals surface area (Å²) in [6.07, 6.45) is 6.70. The van der Waals surface area contributed by atoms with Crippen molar-refractivity contribution in [3.05, 3.63) is 48.1 Å². The Morgan fingerprint density at radius 3 is 1.97 bits per heavy atom. The van der Waals surface area contributed by atoms with Crippen molar-refractivity contribution in [3.8, 4) is 0 Å². The number of nitrogens with one attached hydrogen (secondary N) is 5. The Morgan fingerprint density at radius 2 is 1.42 bits per heavy atom. The lowest BCUT2D eigenvalue weighted by Gasteiger charge is -2.41. The number of amides is 9. The first-order chi connectivity index (χ1) is 37.0. The van der Waals surface area contributed by atoms with E-state index in [0.717, 1.165) is 24.3 Å². The minimum absolute atomic E-state index is 0.0226. The van der Waals surface area contributed by atoms with Crippen LogP contribution in [-0.4, -0.2) is 173 Å². The van der Waals surface area contributed by atoms with Crippen molar-refractivity contribution in [3.63, 3.8) is 0 Å². The summed E-state index contributed by atoms with van der Waals surface area (Å²) in [4.78, 5) is 121. The van der Waals surface area contributed by atoms with Gasteiger partial charge in [-0.3, -0.25) is 48.2 Å². The molecule has 2 heterocycles. The number of carbonyl (C=O) groups excluding carboxylic acids is 9. The van der Waals surface area contributed by atoms with Crippen molar-refractivity contribution in [2.45, 2.75) is 149 Å². The van der Waals surface area contributed by atoms with E-state index in [9.17, 15) is 51.6 Å². The number of Topliss-reactive ketones (excluding diaryl/α,β-unsaturated/α-hetero) is 1. The largest absolute Gasteiger partial charge is 0.379 e. The van der Waals surface area contributed by atoms with E-state index >= 15 is 0 Å². The molecule has 0 unspecified atom stereocenters. The van der Waals surface area contributed by atoms with Crippen LogP contribution in [0.2, 0.25) is 0 Å². The normalized spacial score (nSPS) is 16.9. The first kappa shape index (κ1) is 67.2. The zero-order chi connectivity index (χ0) is 59.2. The van der Waals surface area contributed by atoms with Crippen LogP contribution < -0.4 is 31.7 Å². The number of imide groups is 1. The molecule has 0 bridgehead atoms. The summed E-state index contributed by atoms with van der Waals surface area (Å²) in [5.41, 5.74) is 4.72. The van der Waals surface area contributed by atoms with Crippen LogP contribution in [0.3, 0.4) is 0 Å². The summed E-state index contributed by atoms with van der Waals surface area (Å²) in [5.74, 6) is -5.06. The van der Waals surface area contributed by atoms with Crippen molar-refractivity contribution in [1.29, 1.82) is 0 Å². The zero-order valence-corrected chi connectivity index (χ0v) is 48.8. The van der Waals surface area contributed by atoms with Crippen LogP contribution >= 0.6 is 0 Å². The second kappa shape index (κ2) is 32.2. The highest BCUT2D eigenvalue weighted by molar-refractivity contribution is 7.90. The fourth-order valence-corrected chi connectivity index (χ4v) is 9.98. The number of ketones is 1. The van der Waals surface area contributed by atoms with Crippen molar-refractivity contribution < 1.29 is 65.8 Å². The molecule has 2 aliphatic heterocycles. The maximum absolute atomic E-state index is 14.3. The van der Waals surface area contributed by atoms with E-state index in [1.54, 1.807) is 20.9 Å². The molecule has 1 saturated heterocycles. The molecule has 442 valence electrons. The van der Waals surface area contributed by atoms with Crippen molar-refractivity contribution in [1.82, 2.24) is 35.4 Å². The number of likely N-dealkylation sites (N-methyl/N-ethyl adjacent to an activating group) is 1. The van der Waals surface area contributed by atoms with Crippen molar-refractivity contribution in [2.75, 3.05) is 71.6 Å². The number of urea groups is 1. The van der Waals surface area contributed by atoms with Crippen LogP contribution in [0.1, 0.15) is 114 Å². The monoisotopic (exact) mass is 1130 g/mol. The molecule has 0 aliphatic carbocycles. The van der Waals surface area contributed by atoms with E-state index in [1.165, 1.54) is 54.3 Å². The highest BCUT2D eigenvalue weighted by Gasteiger charge is 2.40. The summed E-state index contributed by atoms with van der Waals surface area (Å²) in [6.45, 7) is 20.6. The molecule has 2 aliphatic rings. The number of nitrogens with two attached hydrogens (primary N) is 1. The number of nitrogens with zero attached hydrogens (tertiary/aromatic N) is 3. The Morgan fingerprint density at radius 1 is 0.823 bits per heavy atom. The molecule has 5 atom stereocenters. The predicted molar refractivity (Wildman–Crippen MR) is 296 cm³/mol. The van der Waals surface area contributed by atoms with Gasteiger partial charge in [0.05, 0.1) is 63.2 Å². The highest BCUT2D eigenvalue weighted by atomic mass is 32.2. The topological polar surface area (TPSA) is 311 Å². The average molecular weight is 1130 g/mol. The third-order valence-corrected chi connectivity index (χ3v) is 15.0. The molecular weight excluding hydrogens is 1040 g/mol. The molecule has 9 amide bonds. The van der Waals surface area contributed by atoms with Crippen molar-refractivity contribution >= 4 is 68.9 Å². The third-order valence-electron chi connectivity index (χ3n) is 13.6. The number of hydrogen-bond acceptors (Lipinski definition) is 15. The van der Waals surface area contributed by atoms with E-state index < -0.39 is 63.2 Å². The minimum atomic E-state index is -4.46. The van der Waals surface area contributed by atoms with E-state index in [2.05, 4.69) is 30.9 Å². The molecule has 0 aromatic heterocycles. The van der Waals surface area contributed by atoms with Crippen LogP contribution in [0, 0.1) is 23.2 Å². The van der Waals surface area contributed by atoms with Crippen LogP contribution in [0.15, 0.2) is 53.0 Å². The summed E-state index contributed by atoms with van der Waals surface area (Å²) in [6, 6.07) is 1.29. The van der Waals surface area contributed by atoms with Crippen LogP contribution in [-0.2, 0) is 62.6 Å². The number of likely N-dealkylation sites (tertiary alicyclic amines) is 1. The van der Waals surface area contributed by atoms with E-state index in [-0.39, 0.29) is 148 Å². The fraction of sp³-hybridized carbons (Fsp3) is 0.655. The lowest BCUT2D eigenvalue weighted by molar-refractivity contribution is -0.142. The van der Waals surface area contributed by atoms with Gasteiger partial charge in [-0.15, -0.1) is 0 Å². The summed E-state index contributed by atoms with van der Waals surface area (Å²) in [7, 11) is -2.87. The molecule has 1 aromatic carbocycles.